The van der Waals surface area contributed by atoms with Crippen LogP contribution in [0.5, 0.6) is 0 Å². The van der Waals surface area contributed by atoms with E-state index in [-0.39, 0.29) is 22.5 Å². The third-order valence-corrected chi connectivity index (χ3v) is 7.30. The molecule has 1 amide bonds. The Hall–Kier alpha value is -1.73. The number of hydrogen-bond acceptors (Lipinski definition) is 4. The van der Waals surface area contributed by atoms with Gasteiger partial charge in [0.25, 0.3) is 0 Å². The van der Waals surface area contributed by atoms with Gasteiger partial charge in [-0.25, -0.2) is 8.42 Å². The lowest BCUT2D eigenvalue weighted by atomic mass is 9.97. The number of carbonyl (C=O) groups excluding carboxylic acids is 2. The van der Waals surface area contributed by atoms with Gasteiger partial charge in [0, 0.05) is 30.6 Å². The van der Waals surface area contributed by atoms with Gasteiger partial charge in [-0.15, -0.1) is 0 Å². The summed E-state index contributed by atoms with van der Waals surface area (Å²) in [6.07, 6.45) is 5.49. The van der Waals surface area contributed by atoms with Crippen molar-refractivity contribution in [3.05, 3.63) is 29.8 Å². The zero-order chi connectivity index (χ0) is 18.7. The van der Waals surface area contributed by atoms with Crippen molar-refractivity contribution in [2.75, 3.05) is 13.1 Å². The van der Waals surface area contributed by atoms with E-state index in [2.05, 4.69) is 5.32 Å². The number of nitrogens with one attached hydrogen (secondary N) is 1. The molecular formula is C19H26N2O4S. The molecule has 1 saturated carbocycles. The maximum Gasteiger partial charge on any atom is 0.243 e. The van der Waals surface area contributed by atoms with Gasteiger partial charge in [-0.1, -0.05) is 25.0 Å². The fourth-order valence-electron chi connectivity index (χ4n) is 3.77. The molecule has 0 spiro atoms. The van der Waals surface area contributed by atoms with E-state index in [0.29, 0.717) is 37.5 Å². The summed E-state index contributed by atoms with van der Waals surface area (Å²) in [5.41, 5.74) is 0.386. The Bertz CT molecular complexity index is 776. The highest BCUT2D eigenvalue weighted by atomic mass is 32.2. The molecule has 0 bridgehead atoms. The van der Waals surface area contributed by atoms with Crippen LogP contribution in [0.4, 0.5) is 0 Å². The van der Waals surface area contributed by atoms with Crippen LogP contribution in [0, 0.1) is 5.92 Å². The summed E-state index contributed by atoms with van der Waals surface area (Å²) < 4.78 is 27.1. The summed E-state index contributed by atoms with van der Waals surface area (Å²) >= 11 is 0. The summed E-state index contributed by atoms with van der Waals surface area (Å²) in [5.74, 6) is -0.220. The Kier molecular flexibility index (Phi) is 5.77. The van der Waals surface area contributed by atoms with Crippen LogP contribution >= 0.6 is 0 Å². The SMILES string of the molecule is CC(=O)c1cccc(S(=O)(=O)N2CCC(C(=O)NC3CCCC3)CC2)c1. The Morgan fingerprint density at radius 3 is 2.35 bits per heavy atom. The minimum Gasteiger partial charge on any atom is -0.353 e. The molecule has 1 heterocycles. The largest absolute Gasteiger partial charge is 0.353 e. The van der Waals surface area contributed by atoms with Crippen LogP contribution < -0.4 is 5.32 Å². The van der Waals surface area contributed by atoms with Crippen molar-refractivity contribution < 1.29 is 18.0 Å². The molecule has 2 aliphatic rings. The summed E-state index contributed by atoms with van der Waals surface area (Å²) in [5, 5.41) is 3.11. The van der Waals surface area contributed by atoms with Crippen LogP contribution in [0.25, 0.3) is 0 Å². The molecule has 2 fully saturated rings. The molecule has 26 heavy (non-hydrogen) atoms. The zero-order valence-corrected chi connectivity index (χ0v) is 15.9. The first-order valence-electron chi connectivity index (χ1n) is 9.29. The molecule has 0 atom stereocenters. The Morgan fingerprint density at radius 1 is 1.08 bits per heavy atom. The maximum atomic E-state index is 12.8. The second kappa shape index (κ2) is 7.88. The lowest BCUT2D eigenvalue weighted by Gasteiger charge is -2.31. The first kappa shape index (κ1) is 19.0. The second-order valence-corrected chi connectivity index (χ2v) is 9.19. The second-order valence-electron chi connectivity index (χ2n) is 7.25. The molecule has 142 valence electrons. The molecule has 1 aliphatic carbocycles. The Balaban J connectivity index is 1.62. The first-order chi connectivity index (χ1) is 12.4. The molecule has 0 unspecified atom stereocenters. The molecular weight excluding hydrogens is 352 g/mol. The summed E-state index contributed by atoms with van der Waals surface area (Å²) in [6.45, 7) is 2.07. The molecule has 3 rings (SSSR count). The van der Waals surface area contributed by atoms with E-state index in [1.54, 1.807) is 12.1 Å². The van der Waals surface area contributed by atoms with Gasteiger partial charge in [0.05, 0.1) is 4.90 Å². The highest BCUT2D eigenvalue weighted by Gasteiger charge is 2.33. The van der Waals surface area contributed by atoms with E-state index >= 15 is 0 Å². The van der Waals surface area contributed by atoms with Crippen molar-refractivity contribution >= 4 is 21.7 Å². The topological polar surface area (TPSA) is 83.6 Å². The fourth-order valence-corrected chi connectivity index (χ4v) is 5.29. The van der Waals surface area contributed by atoms with Crippen LogP contribution in [0.3, 0.4) is 0 Å². The van der Waals surface area contributed by atoms with E-state index in [9.17, 15) is 18.0 Å². The van der Waals surface area contributed by atoms with Gasteiger partial charge in [-0.2, -0.15) is 4.31 Å². The molecule has 7 heteroatoms. The molecule has 1 saturated heterocycles. The molecule has 0 radical (unpaired) electrons. The predicted molar refractivity (Wildman–Crippen MR) is 98.3 cm³/mol. The van der Waals surface area contributed by atoms with Gasteiger partial charge in [0.15, 0.2) is 5.78 Å². The van der Waals surface area contributed by atoms with Gasteiger partial charge in [0.2, 0.25) is 15.9 Å². The molecule has 6 nitrogen and oxygen atoms in total. The van der Waals surface area contributed by atoms with Crippen LogP contribution in [-0.4, -0.2) is 43.5 Å². The summed E-state index contributed by atoms with van der Waals surface area (Å²) in [7, 11) is -3.64. The smallest absolute Gasteiger partial charge is 0.243 e. The van der Waals surface area contributed by atoms with Crippen LogP contribution in [0.1, 0.15) is 55.8 Å². The average molecular weight is 378 g/mol. The number of Topliss-reactive ketones (excluding diaryl/α,β-unsaturated/α-hetero) is 1. The normalized spacial score (nSPS) is 20.2. The number of amides is 1. The molecule has 1 aromatic rings. The van der Waals surface area contributed by atoms with Gasteiger partial charge in [-0.05, 0) is 44.7 Å². The van der Waals surface area contributed by atoms with E-state index in [4.69, 9.17) is 0 Å². The lowest BCUT2D eigenvalue weighted by Crippen LogP contribution is -2.44. The highest BCUT2D eigenvalue weighted by Crippen LogP contribution is 2.25. The molecule has 0 aromatic heterocycles. The molecule has 1 aliphatic heterocycles. The van der Waals surface area contributed by atoms with E-state index in [0.717, 1.165) is 12.8 Å². The zero-order valence-electron chi connectivity index (χ0n) is 15.1. The average Bonchev–Trinajstić information content (AvgIpc) is 3.15. The Labute approximate surface area is 155 Å². The number of ketones is 1. The number of hydrogen-bond donors (Lipinski definition) is 1. The minimum absolute atomic E-state index is 0.0625. The van der Waals surface area contributed by atoms with Gasteiger partial charge >= 0.3 is 0 Å². The highest BCUT2D eigenvalue weighted by molar-refractivity contribution is 7.89. The number of nitrogens with zero attached hydrogens (tertiary/aromatic N) is 1. The van der Waals surface area contributed by atoms with Crippen molar-refractivity contribution in [2.24, 2.45) is 5.92 Å². The number of benzene rings is 1. The van der Waals surface area contributed by atoms with Crippen LogP contribution in [0.15, 0.2) is 29.2 Å². The number of piperidine rings is 1. The van der Waals surface area contributed by atoms with Crippen molar-refractivity contribution in [2.45, 2.75) is 56.4 Å². The maximum absolute atomic E-state index is 12.8. The van der Waals surface area contributed by atoms with E-state index in [1.165, 1.54) is 36.2 Å². The van der Waals surface area contributed by atoms with Crippen molar-refractivity contribution in [1.29, 1.82) is 0 Å². The van der Waals surface area contributed by atoms with Gasteiger partial charge < -0.3 is 5.32 Å². The first-order valence-corrected chi connectivity index (χ1v) is 10.7. The monoisotopic (exact) mass is 378 g/mol. The van der Waals surface area contributed by atoms with Crippen molar-refractivity contribution in [3.63, 3.8) is 0 Å². The third-order valence-electron chi connectivity index (χ3n) is 5.40. The van der Waals surface area contributed by atoms with E-state index in [1.807, 2.05) is 0 Å². The fraction of sp³-hybridized carbons (Fsp3) is 0.579. The summed E-state index contributed by atoms with van der Waals surface area (Å²) in [4.78, 5) is 24.0. The predicted octanol–water partition coefficient (Wildman–Crippen LogP) is 2.35. The van der Waals surface area contributed by atoms with E-state index < -0.39 is 10.0 Å². The minimum atomic E-state index is -3.64. The van der Waals surface area contributed by atoms with Gasteiger partial charge in [0.1, 0.15) is 0 Å². The number of carbonyl (C=O) groups is 2. The van der Waals surface area contributed by atoms with Crippen molar-refractivity contribution in [1.82, 2.24) is 9.62 Å². The Morgan fingerprint density at radius 2 is 1.73 bits per heavy atom. The summed E-state index contributed by atoms with van der Waals surface area (Å²) in [6, 6.07) is 6.43. The standard InChI is InChI=1S/C19H26N2O4S/c1-14(22)16-5-4-8-18(13-16)26(24,25)21-11-9-15(10-12-21)19(23)20-17-6-2-3-7-17/h4-5,8,13,15,17H,2-3,6-7,9-12H2,1H3,(H,20,23). The third kappa shape index (κ3) is 4.15. The lowest BCUT2D eigenvalue weighted by molar-refractivity contribution is -0.126. The van der Waals surface area contributed by atoms with Crippen molar-refractivity contribution in [3.8, 4) is 0 Å². The molecule has 1 N–H and O–H groups in total. The quantitative estimate of drug-likeness (QED) is 0.797. The number of sulfonamides is 1. The number of rotatable bonds is 5. The van der Waals surface area contributed by atoms with Crippen LogP contribution in [-0.2, 0) is 14.8 Å². The molecule has 1 aromatic carbocycles. The van der Waals surface area contributed by atoms with Gasteiger partial charge in [-0.3, -0.25) is 9.59 Å². The van der Waals surface area contributed by atoms with Crippen LogP contribution in [0.2, 0.25) is 0 Å².